The molecule has 5 aromatic rings. The molecule has 64 heavy (non-hydrogen) atoms. The monoisotopic (exact) mass is 945 g/mol. The number of hydrogen-bond acceptors (Lipinski definition) is 11. The fourth-order valence-electron chi connectivity index (χ4n) is 8.19. The summed E-state index contributed by atoms with van der Waals surface area (Å²) in [6, 6.07) is 9.91. The Balaban J connectivity index is 0.000000184. The van der Waals surface area contributed by atoms with E-state index >= 15 is 0 Å². The fourth-order valence-corrected chi connectivity index (χ4v) is 8.61. The summed E-state index contributed by atoms with van der Waals surface area (Å²) in [5.41, 5.74) is 6.91. The van der Waals surface area contributed by atoms with Crippen molar-refractivity contribution >= 4 is 40.3 Å². The molecule has 9 rings (SSSR count). The second kappa shape index (κ2) is 24.3. The number of nitrogens with one attached hydrogen (secondary N) is 3. The third-order valence-corrected chi connectivity index (χ3v) is 12.7. The standard InChI is InChI=1S/C19H23FN4O.C16H18ClFN4O.C9H12ClN3O.CH3.K/c1-13-10-16(20)5-4-15(13)12-23-6-8-24(9-7-23)17-11-21-22-19(25)18(17)14-2-3-14;1-11-8-13(18)3-2-12(11)10-21-4-6-22(7-5-21)14-9-19-20-16(23)15(14)17;10-8-7(6-11-12-9(8)14)13-4-2-1-3-5-13;;/h4-5,10-11,14H,2-3,6-9,12H2,1H3,(H,22,25);2-3,8-9H,4-7,10H2,1H3,(H,20,23);6H,1-5H2,(H,12,14);1H3;/q;;;-1;+1. The van der Waals surface area contributed by atoms with Crippen LogP contribution in [0.25, 0.3) is 0 Å². The second-order valence-corrected chi connectivity index (χ2v) is 17.0. The largest absolute Gasteiger partial charge is 1.00 e. The summed E-state index contributed by atoms with van der Waals surface area (Å²) in [6.07, 6.45) is 10.8. The first-order valence-electron chi connectivity index (χ1n) is 21.2. The third-order valence-electron chi connectivity index (χ3n) is 11.9. The van der Waals surface area contributed by atoms with Crippen molar-refractivity contribution in [2.45, 2.75) is 65.0 Å². The van der Waals surface area contributed by atoms with E-state index in [1.54, 1.807) is 30.7 Å². The van der Waals surface area contributed by atoms with Crippen LogP contribution in [0.15, 0.2) is 69.4 Å². The molecule has 0 atom stereocenters. The molecule has 0 unspecified atom stereocenters. The smallest absolute Gasteiger partial charge is 0.369 e. The number of anilines is 3. The average molecular weight is 947 g/mol. The third kappa shape index (κ3) is 13.5. The molecule has 3 N–H and O–H groups in total. The van der Waals surface area contributed by atoms with Crippen LogP contribution >= 0.6 is 23.2 Å². The number of benzene rings is 2. The van der Waals surface area contributed by atoms with E-state index in [1.807, 2.05) is 26.0 Å². The molecule has 0 amide bonds. The molecule has 0 radical (unpaired) electrons. The summed E-state index contributed by atoms with van der Waals surface area (Å²) in [7, 11) is 0. The van der Waals surface area contributed by atoms with Gasteiger partial charge in [-0.2, -0.15) is 15.3 Å². The second-order valence-electron chi connectivity index (χ2n) is 16.3. The molecule has 0 bridgehead atoms. The minimum atomic E-state index is -0.367. The number of piperazine rings is 2. The van der Waals surface area contributed by atoms with Crippen molar-refractivity contribution in [2.24, 2.45) is 0 Å². The number of nitrogens with zero attached hydrogens (tertiary/aromatic N) is 8. The number of aryl methyl sites for hydroxylation is 2. The molecule has 14 nitrogen and oxygen atoms in total. The van der Waals surface area contributed by atoms with Gasteiger partial charge in [0.1, 0.15) is 21.7 Å². The molecule has 3 aliphatic heterocycles. The van der Waals surface area contributed by atoms with Gasteiger partial charge in [0.05, 0.1) is 35.7 Å². The normalized spacial score (nSPS) is 16.7. The van der Waals surface area contributed by atoms with E-state index in [4.69, 9.17) is 23.2 Å². The van der Waals surface area contributed by atoms with Crippen molar-refractivity contribution in [1.82, 2.24) is 40.4 Å². The van der Waals surface area contributed by atoms with Crippen LogP contribution in [0.3, 0.4) is 0 Å². The Morgan fingerprint density at radius 3 is 1.39 bits per heavy atom. The van der Waals surface area contributed by atoms with Gasteiger partial charge in [0.2, 0.25) is 0 Å². The Bertz CT molecular complexity index is 2480. The van der Waals surface area contributed by atoms with E-state index < -0.39 is 0 Å². The van der Waals surface area contributed by atoms with E-state index in [-0.39, 0.29) is 97.2 Å². The maximum absolute atomic E-state index is 13.3. The topological polar surface area (TPSA) is 153 Å². The average Bonchev–Trinajstić information content (AvgIpc) is 4.12. The number of halogens is 4. The molecule has 1 saturated carbocycles. The molecular weight excluding hydrogens is 891 g/mol. The Morgan fingerprint density at radius 1 is 0.578 bits per heavy atom. The number of hydrogen-bond donors (Lipinski definition) is 3. The number of aromatic amines is 3. The first-order valence-corrected chi connectivity index (χ1v) is 21.9. The quantitative estimate of drug-likeness (QED) is 0.155. The van der Waals surface area contributed by atoms with Crippen molar-refractivity contribution in [3.8, 4) is 0 Å². The zero-order valence-electron chi connectivity index (χ0n) is 37.1. The van der Waals surface area contributed by atoms with E-state index in [2.05, 4.69) is 55.1 Å². The molecule has 1 aliphatic carbocycles. The molecule has 2 aromatic carbocycles. The van der Waals surface area contributed by atoms with Crippen LogP contribution in [-0.2, 0) is 13.1 Å². The zero-order chi connectivity index (χ0) is 43.8. The summed E-state index contributed by atoms with van der Waals surface area (Å²) >= 11 is 12.0. The Hall–Kier alpha value is -3.52. The molecule has 338 valence electrons. The van der Waals surface area contributed by atoms with Gasteiger partial charge in [-0.05, 0) is 98.4 Å². The van der Waals surface area contributed by atoms with E-state index in [1.165, 1.54) is 24.1 Å². The van der Waals surface area contributed by atoms with Crippen molar-refractivity contribution in [3.63, 3.8) is 0 Å². The Kier molecular flexibility index (Phi) is 19.5. The predicted octanol–water partition coefficient (Wildman–Crippen LogP) is 3.48. The first kappa shape index (κ1) is 51.5. The molecule has 4 fully saturated rings. The molecule has 19 heteroatoms. The minimum absolute atomic E-state index is 0. The molecule has 3 saturated heterocycles. The fraction of sp³-hybridized carbons (Fsp3) is 0.444. The van der Waals surface area contributed by atoms with Gasteiger partial charge >= 0.3 is 51.4 Å². The van der Waals surface area contributed by atoms with Gasteiger partial charge in [-0.3, -0.25) is 24.2 Å². The first-order chi connectivity index (χ1) is 29.9. The molecule has 4 aliphatic rings. The summed E-state index contributed by atoms with van der Waals surface area (Å²) < 4.78 is 26.4. The Morgan fingerprint density at radius 2 is 0.969 bits per heavy atom. The van der Waals surface area contributed by atoms with E-state index in [0.29, 0.717) is 11.6 Å². The van der Waals surface area contributed by atoms with Crippen LogP contribution < -0.4 is 82.8 Å². The van der Waals surface area contributed by atoms with Crippen LogP contribution in [0.2, 0.25) is 10.0 Å². The van der Waals surface area contributed by atoms with Crippen LogP contribution in [0.5, 0.6) is 0 Å². The van der Waals surface area contributed by atoms with E-state index in [0.717, 1.165) is 138 Å². The number of H-pyrrole nitrogens is 3. The van der Waals surface area contributed by atoms with Gasteiger partial charge < -0.3 is 22.1 Å². The summed E-state index contributed by atoms with van der Waals surface area (Å²) in [5.74, 6) is 0.0228. The van der Waals surface area contributed by atoms with Crippen LogP contribution in [0.1, 0.15) is 65.8 Å². The van der Waals surface area contributed by atoms with Gasteiger partial charge in [0.25, 0.3) is 16.7 Å². The minimum Gasteiger partial charge on any atom is -0.369 e. The van der Waals surface area contributed by atoms with Crippen molar-refractivity contribution in [3.05, 3.63) is 143 Å². The van der Waals surface area contributed by atoms with Gasteiger partial charge in [-0.1, -0.05) is 35.3 Å². The number of aromatic nitrogens is 6. The molecule has 6 heterocycles. The van der Waals surface area contributed by atoms with Crippen LogP contribution in [-0.4, -0.2) is 106 Å². The van der Waals surface area contributed by atoms with Crippen LogP contribution in [0, 0.1) is 32.9 Å². The van der Waals surface area contributed by atoms with Crippen molar-refractivity contribution < 1.29 is 60.2 Å². The van der Waals surface area contributed by atoms with Crippen molar-refractivity contribution in [1.29, 1.82) is 0 Å². The molecule has 3 aromatic heterocycles. The maximum Gasteiger partial charge on any atom is 1.00 e. The van der Waals surface area contributed by atoms with Crippen LogP contribution in [0.4, 0.5) is 25.8 Å². The molecule has 0 spiro atoms. The predicted molar refractivity (Wildman–Crippen MR) is 246 cm³/mol. The molecular formula is C45H56Cl2F2KN11O3. The van der Waals surface area contributed by atoms with Gasteiger partial charge in [0.15, 0.2) is 0 Å². The Labute approximate surface area is 425 Å². The summed E-state index contributed by atoms with van der Waals surface area (Å²) in [5, 5.41) is 19.2. The maximum atomic E-state index is 13.3. The number of rotatable bonds is 8. The summed E-state index contributed by atoms with van der Waals surface area (Å²) in [6.45, 7) is 14.3. The summed E-state index contributed by atoms with van der Waals surface area (Å²) in [4.78, 5) is 46.1. The SMILES string of the molecule is Cc1cc(F)ccc1CN1CCN(c2cn[nH]c(=O)c2C2CC2)CC1.Cc1cc(F)ccc1CN1CCN(c2cn[nH]c(=O)c2Cl)CC1.O=c1[nH]ncc(N2CCCCC2)c1Cl.[CH3-].[K+]. The van der Waals surface area contributed by atoms with E-state index in [9.17, 15) is 23.2 Å². The van der Waals surface area contributed by atoms with Gasteiger partial charge in [-0.15, -0.1) is 0 Å². The van der Waals surface area contributed by atoms with Gasteiger partial charge in [0, 0.05) is 84.1 Å². The number of piperidine rings is 1. The van der Waals surface area contributed by atoms with Crippen molar-refractivity contribution in [2.75, 3.05) is 80.1 Å². The zero-order valence-corrected chi connectivity index (χ0v) is 41.7. The van der Waals surface area contributed by atoms with Gasteiger partial charge in [-0.25, -0.2) is 24.1 Å².